The van der Waals surface area contributed by atoms with Gasteiger partial charge in [0.2, 0.25) is 5.91 Å². The Kier molecular flexibility index (Phi) is 3.61. The number of para-hydroxylation sites is 1. The van der Waals surface area contributed by atoms with E-state index in [-0.39, 0.29) is 10.7 Å². The molecule has 0 radical (unpaired) electrons. The molecule has 18 heavy (non-hydrogen) atoms. The predicted molar refractivity (Wildman–Crippen MR) is 76.9 cm³/mol. The average molecular weight is 263 g/mol. The number of hydrogen-bond acceptors (Lipinski definition) is 3. The summed E-state index contributed by atoms with van der Waals surface area (Å²) in [6.45, 7) is 6.29. The van der Waals surface area contributed by atoms with E-state index in [1.807, 2.05) is 18.2 Å². The molecule has 1 aromatic carbocycles. The zero-order chi connectivity index (χ0) is 13.2. The Morgan fingerprint density at radius 1 is 1.44 bits per heavy atom. The van der Waals surface area contributed by atoms with Crippen molar-refractivity contribution in [3.63, 3.8) is 0 Å². The van der Waals surface area contributed by atoms with Crippen molar-refractivity contribution < 1.29 is 4.79 Å². The molecule has 2 aromatic rings. The van der Waals surface area contributed by atoms with Crippen molar-refractivity contribution in [3.05, 3.63) is 24.5 Å². The van der Waals surface area contributed by atoms with Crippen LogP contribution in [0.4, 0.5) is 5.69 Å². The third-order valence-electron chi connectivity index (χ3n) is 2.36. The number of nitrogens with zero attached hydrogens (tertiary/aromatic N) is 1. The number of nitrogens with one attached hydrogen (secondary N) is 2. The highest BCUT2D eigenvalue weighted by Gasteiger charge is 2.14. The maximum atomic E-state index is 11.9. The number of fused-ring (bicyclic) bond motifs is 1. The van der Waals surface area contributed by atoms with Crippen molar-refractivity contribution in [2.75, 3.05) is 11.1 Å². The number of amides is 1. The fraction of sp³-hybridized carbons (Fsp3) is 0.385. The molecule has 5 heteroatoms. The number of rotatable bonds is 3. The summed E-state index contributed by atoms with van der Waals surface area (Å²) in [6, 6.07) is 5.69. The standard InChI is InChI=1S/C13H17N3OS/c1-13(2,3)18-7-11(17)16-10-6-4-5-9-12(10)15-8-14-9/h4-6,8H,7H2,1-3H3,(H,14,15)(H,16,17). The number of benzene rings is 1. The number of carbonyl (C=O) groups is 1. The zero-order valence-electron chi connectivity index (χ0n) is 10.8. The van der Waals surface area contributed by atoms with E-state index in [1.165, 1.54) is 0 Å². The van der Waals surface area contributed by atoms with Crippen LogP contribution in [-0.2, 0) is 4.79 Å². The number of anilines is 1. The molecule has 96 valence electrons. The van der Waals surface area contributed by atoms with Gasteiger partial charge in [0, 0.05) is 4.75 Å². The lowest BCUT2D eigenvalue weighted by molar-refractivity contribution is -0.113. The van der Waals surface area contributed by atoms with Gasteiger partial charge in [-0.2, -0.15) is 0 Å². The van der Waals surface area contributed by atoms with Gasteiger partial charge in [-0.25, -0.2) is 4.98 Å². The molecule has 1 amide bonds. The van der Waals surface area contributed by atoms with Gasteiger partial charge in [-0.3, -0.25) is 4.79 Å². The van der Waals surface area contributed by atoms with E-state index in [1.54, 1.807) is 18.1 Å². The molecule has 2 N–H and O–H groups in total. The quantitative estimate of drug-likeness (QED) is 0.895. The van der Waals surface area contributed by atoms with Crippen LogP contribution in [0.5, 0.6) is 0 Å². The molecule has 0 fully saturated rings. The van der Waals surface area contributed by atoms with Crippen LogP contribution >= 0.6 is 11.8 Å². The molecule has 0 aliphatic heterocycles. The topological polar surface area (TPSA) is 57.8 Å². The van der Waals surface area contributed by atoms with Gasteiger partial charge in [0.15, 0.2) is 0 Å². The first kappa shape index (κ1) is 13.0. The van der Waals surface area contributed by atoms with Crippen molar-refractivity contribution in [1.29, 1.82) is 0 Å². The Hall–Kier alpha value is -1.49. The number of thioether (sulfide) groups is 1. The molecule has 0 saturated heterocycles. The average Bonchev–Trinajstić information content (AvgIpc) is 2.74. The van der Waals surface area contributed by atoms with Gasteiger partial charge in [0.25, 0.3) is 0 Å². The first-order valence-corrected chi connectivity index (χ1v) is 6.80. The summed E-state index contributed by atoms with van der Waals surface area (Å²) < 4.78 is 0.0929. The predicted octanol–water partition coefficient (Wildman–Crippen LogP) is 3.03. The van der Waals surface area contributed by atoms with Gasteiger partial charge in [-0.15, -0.1) is 11.8 Å². The summed E-state index contributed by atoms with van der Waals surface area (Å²) in [6.07, 6.45) is 1.63. The van der Waals surface area contributed by atoms with Crippen LogP contribution in [0.15, 0.2) is 24.5 Å². The summed E-state index contributed by atoms with van der Waals surface area (Å²) in [5.41, 5.74) is 2.48. The van der Waals surface area contributed by atoms with Gasteiger partial charge < -0.3 is 10.3 Å². The smallest absolute Gasteiger partial charge is 0.234 e. The molecular weight excluding hydrogens is 246 g/mol. The van der Waals surface area contributed by atoms with E-state index < -0.39 is 0 Å². The van der Waals surface area contributed by atoms with Crippen LogP contribution in [0.3, 0.4) is 0 Å². The lowest BCUT2D eigenvalue weighted by atomic mass is 10.2. The highest BCUT2D eigenvalue weighted by atomic mass is 32.2. The number of H-pyrrole nitrogens is 1. The number of carbonyl (C=O) groups excluding carboxylic acids is 1. The number of aromatic nitrogens is 2. The number of imidazole rings is 1. The van der Waals surface area contributed by atoms with Gasteiger partial charge in [-0.1, -0.05) is 26.8 Å². The Labute approximate surface area is 111 Å². The normalized spacial score (nSPS) is 11.7. The first-order valence-electron chi connectivity index (χ1n) is 5.81. The molecule has 0 aliphatic carbocycles. The summed E-state index contributed by atoms with van der Waals surface area (Å²) in [5, 5.41) is 2.90. The molecule has 0 unspecified atom stereocenters. The van der Waals surface area contributed by atoms with E-state index >= 15 is 0 Å². The maximum absolute atomic E-state index is 11.9. The van der Waals surface area contributed by atoms with E-state index in [0.29, 0.717) is 5.75 Å². The second-order valence-electron chi connectivity index (χ2n) is 5.05. The van der Waals surface area contributed by atoms with Crippen molar-refractivity contribution in [1.82, 2.24) is 9.97 Å². The number of aromatic amines is 1. The van der Waals surface area contributed by atoms with E-state index in [4.69, 9.17) is 0 Å². The molecule has 2 rings (SSSR count). The van der Waals surface area contributed by atoms with Crippen LogP contribution < -0.4 is 5.32 Å². The minimum Gasteiger partial charge on any atom is -0.345 e. The highest BCUT2D eigenvalue weighted by molar-refractivity contribution is 8.01. The number of hydrogen-bond donors (Lipinski definition) is 2. The summed E-state index contributed by atoms with van der Waals surface area (Å²) in [5.74, 6) is 0.454. The minimum atomic E-state index is 0.00502. The fourth-order valence-electron chi connectivity index (χ4n) is 1.53. The van der Waals surface area contributed by atoms with E-state index in [2.05, 4.69) is 36.1 Å². The van der Waals surface area contributed by atoms with Crippen LogP contribution in [0, 0.1) is 0 Å². The Balaban J connectivity index is 2.05. The molecule has 0 atom stereocenters. The second-order valence-corrected chi connectivity index (χ2v) is 6.86. The minimum absolute atomic E-state index is 0.00502. The zero-order valence-corrected chi connectivity index (χ0v) is 11.6. The van der Waals surface area contributed by atoms with Crippen molar-refractivity contribution in [2.24, 2.45) is 0 Å². The highest BCUT2D eigenvalue weighted by Crippen LogP contribution is 2.24. The fourth-order valence-corrected chi connectivity index (χ4v) is 2.17. The lowest BCUT2D eigenvalue weighted by Gasteiger charge is -2.17. The van der Waals surface area contributed by atoms with Gasteiger partial charge in [0.1, 0.15) is 5.52 Å². The van der Waals surface area contributed by atoms with E-state index in [0.717, 1.165) is 16.7 Å². The molecule has 0 aliphatic rings. The molecule has 4 nitrogen and oxygen atoms in total. The second kappa shape index (κ2) is 5.02. The summed E-state index contributed by atoms with van der Waals surface area (Å²) in [7, 11) is 0. The molecular formula is C13H17N3OS. The molecule has 1 heterocycles. The Morgan fingerprint density at radius 2 is 2.22 bits per heavy atom. The first-order chi connectivity index (χ1) is 8.46. The van der Waals surface area contributed by atoms with Gasteiger partial charge in [0.05, 0.1) is 23.3 Å². The Morgan fingerprint density at radius 3 is 2.94 bits per heavy atom. The molecule has 0 spiro atoms. The maximum Gasteiger partial charge on any atom is 0.234 e. The molecule has 0 saturated carbocycles. The monoisotopic (exact) mass is 263 g/mol. The van der Waals surface area contributed by atoms with Crippen molar-refractivity contribution in [2.45, 2.75) is 25.5 Å². The van der Waals surface area contributed by atoms with Crippen LogP contribution in [-0.4, -0.2) is 26.4 Å². The van der Waals surface area contributed by atoms with Gasteiger partial charge in [-0.05, 0) is 12.1 Å². The molecule has 0 bridgehead atoms. The van der Waals surface area contributed by atoms with Gasteiger partial charge >= 0.3 is 0 Å². The summed E-state index contributed by atoms with van der Waals surface area (Å²) >= 11 is 1.63. The Bertz CT molecular complexity index is 557. The summed E-state index contributed by atoms with van der Waals surface area (Å²) in [4.78, 5) is 19.1. The van der Waals surface area contributed by atoms with Crippen LogP contribution in [0.1, 0.15) is 20.8 Å². The molecule has 1 aromatic heterocycles. The van der Waals surface area contributed by atoms with Crippen molar-refractivity contribution in [3.8, 4) is 0 Å². The van der Waals surface area contributed by atoms with Crippen LogP contribution in [0.25, 0.3) is 11.0 Å². The van der Waals surface area contributed by atoms with E-state index in [9.17, 15) is 4.79 Å². The largest absolute Gasteiger partial charge is 0.345 e. The lowest BCUT2D eigenvalue weighted by Crippen LogP contribution is -2.19. The third kappa shape index (κ3) is 3.26. The SMILES string of the molecule is CC(C)(C)SCC(=O)Nc1cccc2[nH]cnc12. The van der Waals surface area contributed by atoms with Crippen LogP contribution in [0.2, 0.25) is 0 Å². The van der Waals surface area contributed by atoms with Crippen molar-refractivity contribution >= 4 is 34.4 Å². The third-order valence-corrected chi connectivity index (χ3v) is 3.63.